The van der Waals surface area contributed by atoms with Crippen LogP contribution < -0.4 is 0 Å². The van der Waals surface area contributed by atoms with Gasteiger partial charge in [-0.2, -0.15) is 8.42 Å². The molecule has 9 rings (SSSR count). The predicted octanol–water partition coefficient (Wildman–Crippen LogP) is -0.408. The number of hydrogen-bond donors (Lipinski definition) is 10. The Balaban J connectivity index is 0.918. The zero-order valence-electron chi connectivity index (χ0n) is 47.8. The highest BCUT2D eigenvalue weighted by atomic mass is 32.3. The van der Waals surface area contributed by atoms with Crippen LogP contribution in [0.15, 0.2) is 23.3 Å². The van der Waals surface area contributed by atoms with Crippen molar-refractivity contribution in [2.45, 2.75) is 235 Å². The molecule has 8 fully saturated rings. The van der Waals surface area contributed by atoms with Gasteiger partial charge in [0.25, 0.3) is 0 Å². The summed E-state index contributed by atoms with van der Waals surface area (Å²) in [6.07, 6.45) is -22.9. The molecule has 5 saturated heterocycles. The van der Waals surface area contributed by atoms with Gasteiger partial charge in [0.05, 0.1) is 43.9 Å². The Kier molecular flexibility index (Phi) is 18.7. The molecule has 0 amide bonds. The third-order valence-electron chi connectivity index (χ3n) is 20.2. The Hall–Kier alpha value is -2.43. The van der Waals surface area contributed by atoms with Crippen molar-refractivity contribution in [3.05, 3.63) is 23.3 Å². The molecule has 0 aromatic heterocycles. The van der Waals surface area contributed by atoms with E-state index in [2.05, 4.69) is 39.8 Å². The lowest BCUT2D eigenvalue weighted by Gasteiger charge is -2.64. The van der Waals surface area contributed by atoms with Crippen LogP contribution in [0.1, 0.15) is 107 Å². The second-order valence-electron chi connectivity index (χ2n) is 25.6. The maximum absolute atomic E-state index is 14.7. The predicted molar refractivity (Wildman–Crippen MR) is 277 cm³/mol. The summed E-state index contributed by atoms with van der Waals surface area (Å²) in [6.45, 7) is 13.2. The van der Waals surface area contributed by atoms with Gasteiger partial charge in [0.15, 0.2) is 25.2 Å². The number of esters is 2. The van der Waals surface area contributed by atoms with Gasteiger partial charge in [-0.25, -0.2) is 4.18 Å². The SMILES string of the molecule is CO[C@H]1C(O)[C@H](O[C@H]2C(O)[C@H](O[C@@H]3C(CO)O[C@@H](OC4[C@H](O[C@H]5CC[C@]6(C)C7CCC89C(=O)O[C@@](C)(CCC=C(C)C)[C@H]8[C@@H](OC(C)=O)C[C@@]9(C)C7=CCC6C5(C)C)OC[C@@H](OS(=O)(=O)O)[C@H]4O)C(O)[C@@H]3O)OC[C@H]2O)OC(CO)[C@H]1O. The summed E-state index contributed by atoms with van der Waals surface area (Å²) in [7, 11) is -4.00. The second kappa shape index (κ2) is 23.9. The Morgan fingerprint density at radius 1 is 0.732 bits per heavy atom. The lowest BCUT2D eigenvalue weighted by atomic mass is 9.41. The van der Waals surface area contributed by atoms with E-state index in [9.17, 15) is 68.5 Å². The molecule has 5 aliphatic heterocycles. The highest BCUT2D eigenvalue weighted by Gasteiger charge is 2.79. The number of hydrogen-bond acceptors (Lipinski definition) is 25. The van der Waals surface area contributed by atoms with Crippen molar-refractivity contribution >= 4 is 22.3 Å². The molecule has 9 unspecified atom stereocenters. The van der Waals surface area contributed by atoms with Crippen molar-refractivity contribution in [2.24, 2.45) is 39.4 Å². The van der Waals surface area contributed by atoms with Gasteiger partial charge >= 0.3 is 22.3 Å². The Labute approximate surface area is 477 Å². The van der Waals surface area contributed by atoms with Crippen molar-refractivity contribution in [1.82, 2.24) is 0 Å². The summed E-state index contributed by atoms with van der Waals surface area (Å²) < 4.78 is 104. The van der Waals surface area contributed by atoms with Gasteiger partial charge in [-0.1, -0.05) is 51.0 Å². The standard InChI is InChI=1S/C55H86O26S/c1-24(2)11-10-16-54(8)45-29(73-25(3)58)19-53(7)27-12-13-33-51(4,5)34(15-17-52(33,6)26(27)14-18-55(45,53)50(66)80-54)76-49-44(36(61)32(23-72-49)81-82(67,68)69)79-47-38(63)37(62)42(31(21-57)75-47)78-46-39(64)41(28(59)22-71-46)77-48-40(65)43(70-9)35(60)30(20-56)74-48/h11-12,26,28-49,56-57,59-65H,10,13-23H2,1-9H3,(H,67,68,69)/t26?,28-,29+,30?,31?,32-,33?,34+,35-,36-,37+,38?,39?,40?,41-,42-,43-,44?,45-,46+,47+,48+,49+,52-,53+,54+,55?/m1/s1. The summed E-state index contributed by atoms with van der Waals surface area (Å²) in [6, 6.07) is 0. The molecule has 0 radical (unpaired) electrons. The molecule has 1 spiro atoms. The number of allylic oxidation sites excluding steroid dienone is 4. The number of rotatable bonds is 17. The van der Waals surface area contributed by atoms with Crippen LogP contribution in [0.25, 0.3) is 0 Å². The first kappa shape index (κ1) is 64.1. The fourth-order valence-corrected chi connectivity index (χ4v) is 16.8. The molecule has 3 saturated carbocycles. The van der Waals surface area contributed by atoms with Crippen molar-refractivity contribution in [1.29, 1.82) is 0 Å². The third kappa shape index (κ3) is 11.2. The van der Waals surface area contributed by atoms with E-state index in [1.54, 1.807) is 0 Å². The van der Waals surface area contributed by atoms with Crippen molar-refractivity contribution < 1.29 is 125 Å². The van der Waals surface area contributed by atoms with E-state index in [-0.39, 0.29) is 29.1 Å². The van der Waals surface area contributed by atoms with E-state index in [1.807, 2.05) is 20.8 Å². The molecule has 82 heavy (non-hydrogen) atoms. The molecule has 468 valence electrons. The monoisotopic (exact) mass is 1190 g/mol. The van der Waals surface area contributed by atoms with E-state index >= 15 is 0 Å². The van der Waals surface area contributed by atoms with Gasteiger partial charge in [-0.05, 0) is 94.8 Å². The molecular weight excluding hydrogens is 1110 g/mol. The summed E-state index contributed by atoms with van der Waals surface area (Å²) in [5.74, 6) is -1.04. The first-order chi connectivity index (χ1) is 38.4. The van der Waals surface area contributed by atoms with Crippen LogP contribution in [0.3, 0.4) is 0 Å². The van der Waals surface area contributed by atoms with Crippen LogP contribution in [0.5, 0.6) is 0 Å². The molecule has 27 heteroatoms. The zero-order chi connectivity index (χ0) is 60.0. The van der Waals surface area contributed by atoms with Gasteiger partial charge in [-0.3, -0.25) is 14.1 Å². The van der Waals surface area contributed by atoms with Crippen molar-refractivity contribution in [3.63, 3.8) is 0 Å². The maximum Gasteiger partial charge on any atom is 0.397 e. The van der Waals surface area contributed by atoms with Gasteiger partial charge < -0.3 is 98.1 Å². The quantitative estimate of drug-likeness (QED) is 0.0503. The average molecular weight is 1200 g/mol. The number of ether oxygens (including phenoxy) is 11. The number of cyclic esters (lactones) is 1. The molecule has 27 atom stereocenters. The summed E-state index contributed by atoms with van der Waals surface area (Å²) in [5, 5.41) is 99.1. The minimum Gasteiger partial charge on any atom is -0.462 e. The van der Waals surface area contributed by atoms with Gasteiger partial charge in [0.1, 0.15) is 97.2 Å². The van der Waals surface area contributed by atoms with E-state index in [4.69, 9.17) is 56.3 Å². The van der Waals surface area contributed by atoms with Crippen molar-refractivity contribution in [2.75, 3.05) is 33.5 Å². The maximum atomic E-state index is 14.7. The van der Waals surface area contributed by atoms with E-state index in [1.165, 1.54) is 19.6 Å². The molecule has 9 aliphatic rings. The summed E-state index contributed by atoms with van der Waals surface area (Å²) in [4.78, 5) is 27.4. The number of carbonyl (C=O) groups is 2. The van der Waals surface area contributed by atoms with Crippen molar-refractivity contribution in [3.8, 4) is 0 Å². The van der Waals surface area contributed by atoms with Crippen LogP contribution >= 0.6 is 0 Å². The summed E-state index contributed by atoms with van der Waals surface area (Å²) in [5.41, 5.74) is -1.15. The average Bonchev–Trinajstić information content (AvgIpc) is 1.56. The smallest absolute Gasteiger partial charge is 0.397 e. The zero-order valence-corrected chi connectivity index (χ0v) is 48.6. The Bertz CT molecular complexity index is 2470. The highest BCUT2D eigenvalue weighted by molar-refractivity contribution is 7.80. The number of carbonyl (C=O) groups excluding carboxylic acids is 2. The van der Waals surface area contributed by atoms with E-state index in [0.29, 0.717) is 51.4 Å². The topological polar surface area (TPSA) is 381 Å². The van der Waals surface area contributed by atoms with Gasteiger partial charge in [0.2, 0.25) is 0 Å². The number of methoxy groups -OCH3 is 1. The lowest BCUT2D eigenvalue weighted by Crippen LogP contribution is -2.66. The second-order valence-corrected chi connectivity index (χ2v) is 26.7. The minimum absolute atomic E-state index is 0.0232. The fourth-order valence-electron chi connectivity index (χ4n) is 16.3. The Morgan fingerprint density at radius 3 is 2.01 bits per heavy atom. The largest absolute Gasteiger partial charge is 0.462 e. The van der Waals surface area contributed by atoms with E-state index < -0.39 is 187 Å². The fraction of sp³-hybridized carbons (Fsp3) is 0.891. The van der Waals surface area contributed by atoms with Crippen LogP contribution in [0, 0.1) is 39.4 Å². The van der Waals surface area contributed by atoms with Crippen LogP contribution in [0.4, 0.5) is 0 Å². The molecule has 0 bridgehead atoms. The lowest BCUT2D eigenvalue weighted by molar-refractivity contribution is -0.385. The third-order valence-corrected chi connectivity index (χ3v) is 20.7. The molecule has 0 aromatic rings. The highest BCUT2D eigenvalue weighted by Crippen LogP contribution is 2.77. The number of aliphatic hydroxyl groups excluding tert-OH is 9. The molecule has 10 N–H and O–H groups in total. The first-order valence-corrected chi connectivity index (χ1v) is 29.8. The number of fused-ring (bicyclic) bond motifs is 4. The van der Waals surface area contributed by atoms with Gasteiger partial charge in [-0.15, -0.1) is 0 Å². The Morgan fingerprint density at radius 2 is 1.37 bits per heavy atom. The molecule has 26 nitrogen and oxygen atoms in total. The van der Waals surface area contributed by atoms with Crippen LogP contribution in [-0.4, -0.2) is 233 Å². The number of aliphatic hydroxyl groups is 9. The van der Waals surface area contributed by atoms with Gasteiger partial charge in [0, 0.05) is 19.4 Å². The van der Waals surface area contributed by atoms with Crippen LogP contribution in [-0.2, 0) is 76.3 Å². The molecular formula is C55H86O26S. The minimum atomic E-state index is -5.20. The molecule has 5 heterocycles. The van der Waals surface area contributed by atoms with E-state index in [0.717, 1.165) is 5.57 Å². The summed E-state index contributed by atoms with van der Waals surface area (Å²) >= 11 is 0. The molecule has 4 aliphatic carbocycles. The molecule has 0 aromatic carbocycles. The van der Waals surface area contributed by atoms with Crippen LogP contribution in [0.2, 0.25) is 0 Å². The normalized spacial score (nSPS) is 49.1. The first-order valence-electron chi connectivity index (χ1n) is 28.5.